The van der Waals surface area contributed by atoms with Crippen LogP contribution >= 0.6 is 0 Å². The standard InChI is InChI=1S/C16H22FN5O/c1-12(23-15-6-4-13(17)5-7-15)10-19-16(18-2)20-11-14-8-9-21-22(14)3/h4-9,12H,10-11H2,1-3H3,(H2,18,19,20). The number of aromatic nitrogens is 2. The third-order valence-corrected chi connectivity index (χ3v) is 3.29. The van der Waals surface area contributed by atoms with Gasteiger partial charge in [0, 0.05) is 20.3 Å². The molecular weight excluding hydrogens is 297 g/mol. The topological polar surface area (TPSA) is 63.5 Å². The summed E-state index contributed by atoms with van der Waals surface area (Å²) in [5.74, 6) is 1.04. The van der Waals surface area contributed by atoms with E-state index in [0.717, 1.165) is 5.69 Å². The molecule has 0 aliphatic rings. The van der Waals surface area contributed by atoms with Gasteiger partial charge in [-0.25, -0.2) is 4.39 Å². The maximum atomic E-state index is 12.9. The Morgan fingerprint density at radius 2 is 2.04 bits per heavy atom. The van der Waals surface area contributed by atoms with Gasteiger partial charge in [0.2, 0.25) is 0 Å². The smallest absolute Gasteiger partial charge is 0.191 e. The summed E-state index contributed by atoms with van der Waals surface area (Å²) in [4.78, 5) is 4.17. The third kappa shape index (κ3) is 5.28. The van der Waals surface area contributed by atoms with Gasteiger partial charge in [0.1, 0.15) is 17.7 Å². The average Bonchev–Trinajstić information content (AvgIpc) is 2.95. The van der Waals surface area contributed by atoms with Gasteiger partial charge >= 0.3 is 0 Å². The summed E-state index contributed by atoms with van der Waals surface area (Å²) >= 11 is 0. The van der Waals surface area contributed by atoms with Crippen LogP contribution in [0.25, 0.3) is 0 Å². The quantitative estimate of drug-likeness (QED) is 0.628. The van der Waals surface area contributed by atoms with Crippen LogP contribution in [0.15, 0.2) is 41.5 Å². The van der Waals surface area contributed by atoms with Gasteiger partial charge in [0.25, 0.3) is 0 Å². The fourth-order valence-corrected chi connectivity index (χ4v) is 2.00. The Hall–Kier alpha value is -2.57. The summed E-state index contributed by atoms with van der Waals surface area (Å²) in [6, 6.07) is 7.93. The number of nitrogens with one attached hydrogen (secondary N) is 2. The second-order valence-electron chi connectivity index (χ2n) is 5.14. The Morgan fingerprint density at radius 1 is 1.30 bits per heavy atom. The molecule has 1 aromatic carbocycles. The molecule has 0 spiro atoms. The third-order valence-electron chi connectivity index (χ3n) is 3.29. The highest BCUT2D eigenvalue weighted by molar-refractivity contribution is 5.79. The number of guanidine groups is 1. The van der Waals surface area contributed by atoms with Gasteiger partial charge in [-0.2, -0.15) is 5.10 Å². The summed E-state index contributed by atoms with van der Waals surface area (Å²) in [6.45, 7) is 3.14. The zero-order valence-electron chi connectivity index (χ0n) is 13.6. The highest BCUT2D eigenvalue weighted by Crippen LogP contribution is 2.12. The second-order valence-corrected chi connectivity index (χ2v) is 5.14. The number of nitrogens with zero attached hydrogens (tertiary/aromatic N) is 3. The molecule has 1 aromatic heterocycles. The summed E-state index contributed by atoms with van der Waals surface area (Å²) in [6.07, 6.45) is 1.67. The number of hydrogen-bond donors (Lipinski definition) is 2. The fraction of sp³-hybridized carbons (Fsp3) is 0.375. The first-order chi connectivity index (χ1) is 11.1. The molecule has 2 aromatic rings. The monoisotopic (exact) mass is 319 g/mol. The minimum Gasteiger partial charge on any atom is -0.489 e. The largest absolute Gasteiger partial charge is 0.489 e. The van der Waals surface area contributed by atoms with E-state index in [1.165, 1.54) is 12.1 Å². The number of ether oxygens (including phenoxy) is 1. The normalized spacial score (nSPS) is 12.8. The number of benzene rings is 1. The van der Waals surface area contributed by atoms with Crippen molar-refractivity contribution in [3.05, 3.63) is 48.0 Å². The van der Waals surface area contributed by atoms with Crippen LogP contribution in [0.1, 0.15) is 12.6 Å². The molecule has 0 radical (unpaired) electrons. The van der Waals surface area contributed by atoms with Gasteiger partial charge in [0.05, 0.1) is 18.8 Å². The molecule has 0 bridgehead atoms. The molecule has 1 unspecified atom stereocenters. The van der Waals surface area contributed by atoms with E-state index < -0.39 is 0 Å². The molecule has 23 heavy (non-hydrogen) atoms. The van der Waals surface area contributed by atoms with Crippen molar-refractivity contribution >= 4 is 5.96 Å². The van der Waals surface area contributed by atoms with Crippen LogP contribution in [0, 0.1) is 5.82 Å². The molecule has 124 valence electrons. The lowest BCUT2D eigenvalue weighted by molar-refractivity contribution is 0.223. The average molecular weight is 319 g/mol. The van der Waals surface area contributed by atoms with Gasteiger partial charge < -0.3 is 15.4 Å². The molecule has 6 nitrogen and oxygen atoms in total. The van der Waals surface area contributed by atoms with Crippen molar-refractivity contribution in [2.45, 2.75) is 19.6 Å². The van der Waals surface area contributed by atoms with Crippen molar-refractivity contribution in [3.8, 4) is 5.75 Å². The van der Waals surface area contributed by atoms with Crippen LogP contribution in [0.5, 0.6) is 5.75 Å². The second kappa shape index (κ2) is 8.17. The Kier molecular flexibility index (Phi) is 5.96. The first-order valence-corrected chi connectivity index (χ1v) is 7.42. The number of aryl methyl sites for hydroxylation is 1. The molecular formula is C16H22FN5O. The van der Waals surface area contributed by atoms with E-state index in [9.17, 15) is 4.39 Å². The van der Waals surface area contributed by atoms with Crippen LogP contribution < -0.4 is 15.4 Å². The van der Waals surface area contributed by atoms with Crippen LogP contribution in [0.3, 0.4) is 0 Å². The maximum absolute atomic E-state index is 12.9. The predicted octanol–water partition coefficient (Wildman–Crippen LogP) is 1.69. The van der Waals surface area contributed by atoms with E-state index in [1.807, 2.05) is 20.0 Å². The number of aliphatic imine (C=N–C) groups is 1. The first-order valence-electron chi connectivity index (χ1n) is 7.42. The first kappa shape index (κ1) is 16.8. The molecule has 2 N–H and O–H groups in total. The zero-order valence-corrected chi connectivity index (χ0v) is 13.6. The van der Waals surface area contributed by atoms with E-state index in [-0.39, 0.29) is 11.9 Å². The predicted molar refractivity (Wildman–Crippen MR) is 87.9 cm³/mol. The maximum Gasteiger partial charge on any atom is 0.191 e. The van der Waals surface area contributed by atoms with E-state index in [0.29, 0.717) is 24.8 Å². The molecule has 7 heteroatoms. The lowest BCUT2D eigenvalue weighted by Crippen LogP contribution is -2.41. The highest BCUT2D eigenvalue weighted by Gasteiger charge is 2.06. The summed E-state index contributed by atoms with van der Waals surface area (Å²) in [5.41, 5.74) is 1.06. The molecule has 0 fully saturated rings. The van der Waals surface area contributed by atoms with Crippen molar-refractivity contribution in [2.24, 2.45) is 12.0 Å². The Bertz CT molecular complexity index is 638. The number of halogens is 1. The molecule has 0 saturated heterocycles. The lowest BCUT2D eigenvalue weighted by Gasteiger charge is -2.17. The van der Waals surface area contributed by atoms with Crippen molar-refractivity contribution < 1.29 is 9.13 Å². The van der Waals surface area contributed by atoms with Crippen LogP contribution in [0.2, 0.25) is 0 Å². The van der Waals surface area contributed by atoms with Gasteiger partial charge in [-0.05, 0) is 37.3 Å². The fourth-order valence-electron chi connectivity index (χ4n) is 2.00. The van der Waals surface area contributed by atoms with Crippen LogP contribution in [-0.2, 0) is 13.6 Å². The molecule has 0 saturated carbocycles. The molecule has 2 rings (SSSR count). The zero-order chi connectivity index (χ0) is 16.7. The SMILES string of the molecule is CN=C(NCc1ccnn1C)NCC(C)Oc1ccc(F)cc1. The van der Waals surface area contributed by atoms with Gasteiger partial charge in [-0.1, -0.05) is 0 Å². The Morgan fingerprint density at radius 3 is 2.65 bits per heavy atom. The molecule has 1 heterocycles. The molecule has 0 aliphatic heterocycles. The summed E-state index contributed by atoms with van der Waals surface area (Å²) in [7, 11) is 3.61. The summed E-state index contributed by atoms with van der Waals surface area (Å²) < 4.78 is 20.4. The Balaban J connectivity index is 1.76. The molecule has 0 amide bonds. The van der Waals surface area contributed by atoms with Gasteiger partial charge in [-0.15, -0.1) is 0 Å². The summed E-state index contributed by atoms with van der Waals surface area (Å²) in [5, 5.41) is 10.5. The number of rotatable bonds is 6. The van der Waals surface area contributed by atoms with Gasteiger partial charge in [-0.3, -0.25) is 9.67 Å². The minimum absolute atomic E-state index is 0.0873. The van der Waals surface area contributed by atoms with E-state index >= 15 is 0 Å². The van der Waals surface area contributed by atoms with Crippen molar-refractivity contribution in [1.82, 2.24) is 20.4 Å². The van der Waals surface area contributed by atoms with Crippen molar-refractivity contribution in [3.63, 3.8) is 0 Å². The van der Waals surface area contributed by atoms with E-state index in [4.69, 9.17) is 4.74 Å². The van der Waals surface area contributed by atoms with E-state index in [2.05, 4.69) is 20.7 Å². The van der Waals surface area contributed by atoms with Gasteiger partial charge in [0.15, 0.2) is 5.96 Å². The minimum atomic E-state index is -0.275. The number of hydrogen-bond acceptors (Lipinski definition) is 3. The molecule has 0 aliphatic carbocycles. The van der Waals surface area contributed by atoms with E-state index in [1.54, 1.807) is 30.1 Å². The van der Waals surface area contributed by atoms with Crippen LogP contribution in [0.4, 0.5) is 4.39 Å². The van der Waals surface area contributed by atoms with Crippen molar-refractivity contribution in [2.75, 3.05) is 13.6 Å². The molecule has 1 atom stereocenters. The highest BCUT2D eigenvalue weighted by atomic mass is 19.1. The lowest BCUT2D eigenvalue weighted by atomic mass is 10.3. The van der Waals surface area contributed by atoms with Crippen molar-refractivity contribution in [1.29, 1.82) is 0 Å². The van der Waals surface area contributed by atoms with Crippen LogP contribution in [-0.4, -0.2) is 35.4 Å². The Labute approximate surface area is 135 Å².